The number of rotatable bonds is 7. The maximum atomic E-state index is 13.7. The van der Waals surface area contributed by atoms with Crippen LogP contribution in [0.3, 0.4) is 0 Å². The standard InChI is InChI=1S/C24H20ClN5O3.C4H11N/c1-16(31)27-24(28-19-8-4-2-5-9-19)22(26-21(32)17-12-14-18(25)15-13-17)29-30(23(24)33)20-10-6-3-7-11-20;1-3-5-4-2/h2-15,28H,1H3,(H,27,31)(H,26,29,32);5H,3-4H2,1-2H3. The average Bonchev–Trinajstić information content (AvgIpc) is 3.16. The number of carbonyl (C=O) groups is 3. The fourth-order valence-electron chi connectivity index (χ4n) is 3.63. The second kappa shape index (κ2) is 13.4. The van der Waals surface area contributed by atoms with Crippen molar-refractivity contribution < 1.29 is 14.4 Å². The summed E-state index contributed by atoms with van der Waals surface area (Å²) in [6.45, 7) is 7.67. The number of amides is 3. The van der Waals surface area contributed by atoms with E-state index in [1.54, 1.807) is 78.9 Å². The van der Waals surface area contributed by atoms with Gasteiger partial charge in [0.05, 0.1) is 5.69 Å². The highest BCUT2D eigenvalue weighted by atomic mass is 35.5. The second-order valence-electron chi connectivity index (χ2n) is 8.24. The number of halogens is 1. The van der Waals surface area contributed by atoms with Crippen molar-refractivity contribution in [3.8, 4) is 0 Å². The third kappa shape index (κ3) is 6.96. The third-order valence-electron chi connectivity index (χ3n) is 5.38. The molecule has 3 amide bonds. The van der Waals surface area contributed by atoms with Crippen molar-refractivity contribution >= 4 is 46.5 Å². The van der Waals surface area contributed by atoms with Crippen LogP contribution in [0.25, 0.3) is 0 Å². The number of hydrogen-bond acceptors (Lipinski definition) is 6. The molecule has 3 aromatic carbocycles. The first kappa shape index (κ1) is 28.4. The highest BCUT2D eigenvalue weighted by molar-refractivity contribution is 6.31. The van der Waals surface area contributed by atoms with Gasteiger partial charge in [-0.1, -0.05) is 61.8 Å². The zero-order valence-electron chi connectivity index (χ0n) is 21.5. The molecule has 1 aliphatic rings. The van der Waals surface area contributed by atoms with Crippen LogP contribution in [-0.4, -0.2) is 42.3 Å². The Morgan fingerprint density at radius 3 is 2.00 bits per heavy atom. The highest BCUT2D eigenvalue weighted by Gasteiger charge is 2.54. The molecule has 0 fully saturated rings. The molecule has 1 unspecified atom stereocenters. The number of hydrazone groups is 1. The number of benzene rings is 3. The summed E-state index contributed by atoms with van der Waals surface area (Å²) in [5.74, 6) is -1.66. The predicted molar refractivity (Wildman–Crippen MR) is 151 cm³/mol. The Kier molecular flexibility index (Phi) is 9.98. The second-order valence-corrected chi connectivity index (χ2v) is 8.68. The monoisotopic (exact) mass is 534 g/mol. The van der Waals surface area contributed by atoms with E-state index in [4.69, 9.17) is 11.6 Å². The quantitative estimate of drug-likeness (QED) is 0.342. The third-order valence-corrected chi connectivity index (χ3v) is 5.63. The van der Waals surface area contributed by atoms with E-state index >= 15 is 0 Å². The molecule has 1 heterocycles. The van der Waals surface area contributed by atoms with E-state index in [9.17, 15) is 14.4 Å². The van der Waals surface area contributed by atoms with Crippen LogP contribution in [0.2, 0.25) is 5.02 Å². The van der Waals surface area contributed by atoms with Gasteiger partial charge in [-0.05, 0) is 61.6 Å². The molecule has 0 radical (unpaired) electrons. The number of anilines is 2. The van der Waals surface area contributed by atoms with Crippen molar-refractivity contribution in [3.63, 3.8) is 0 Å². The Morgan fingerprint density at radius 1 is 0.895 bits per heavy atom. The molecular formula is C28H31ClN6O3. The van der Waals surface area contributed by atoms with Crippen molar-refractivity contribution in [1.29, 1.82) is 0 Å². The summed E-state index contributed by atoms with van der Waals surface area (Å²) in [5.41, 5.74) is -0.514. The Bertz CT molecular complexity index is 1270. The molecule has 38 heavy (non-hydrogen) atoms. The number of nitrogens with one attached hydrogen (secondary N) is 4. The molecule has 0 aliphatic carbocycles. The molecule has 0 aromatic heterocycles. The van der Waals surface area contributed by atoms with Gasteiger partial charge in [0.15, 0.2) is 5.84 Å². The van der Waals surface area contributed by atoms with E-state index < -0.39 is 23.4 Å². The summed E-state index contributed by atoms with van der Waals surface area (Å²) in [4.78, 5) is 38.9. The largest absolute Gasteiger partial charge is 0.348 e. The summed E-state index contributed by atoms with van der Waals surface area (Å²) >= 11 is 5.92. The van der Waals surface area contributed by atoms with Crippen molar-refractivity contribution in [2.45, 2.75) is 26.4 Å². The first-order valence-electron chi connectivity index (χ1n) is 12.2. The Balaban J connectivity index is 0.000000732. The molecule has 1 aliphatic heterocycles. The van der Waals surface area contributed by atoms with Gasteiger partial charge in [-0.2, -0.15) is 5.01 Å². The summed E-state index contributed by atoms with van der Waals surface area (Å²) in [6.07, 6.45) is 0. The normalized spacial score (nSPS) is 16.2. The molecule has 4 rings (SSSR count). The van der Waals surface area contributed by atoms with E-state index in [-0.39, 0.29) is 5.84 Å². The topological polar surface area (TPSA) is 115 Å². The molecule has 0 bridgehead atoms. The molecule has 0 saturated heterocycles. The van der Waals surface area contributed by atoms with Crippen LogP contribution in [0.15, 0.2) is 90.0 Å². The molecule has 0 saturated carbocycles. The molecular weight excluding hydrogens is 504 g/mol. The lowest BCUT2D eigenvalue weighted by Gasteiger charge is -2.31. The smallest absolute Gasteiger partial charge is 0.302 e. The molecule has 198 valence electrons. The Morgan fingerprint density at radius 2 is 1.47 bits per heavy atom. The summed E-state index contributed by atoms with van der Waals surface area (Å²) in [7, 11) is 0. The minimum atomic E-state index is -1.84. The lowest BCUT2D eigenvalue weighted by molar-refractivity contribution is -0.127. The van der Waals surface area contributed by atoms with Gasteiger partial charge < -0.3 is 21.3 Å². The number of hydrogen-bond donors (Lipinski definition) is 4. The van der Waals surface area contributed by atoms with E-state index in [1.807, 2.05) is 6.07 Å². The van der Waals surface area contributed by atoms with Crippen LogP contribution in [0.1, 0.15) is 31.1 Å². The number of carbonyl (C=O) groups excluding carboxylic acids is 3. The van der Waals surface area contributed by atoms with Crippen LogP contribution in [0.5, 0.6) is 0 Å². The maximum absolute atomic E-state index is 13.7. The van der Waals surface area contributed by atoms with Crippen molar-refractivity contribution in [2.24, 2.45) is 5.10 Å². The van der Waals surface area contributed by atoms with Gasteiger partial charge in [0.25, 0.3) is 11.6 Å². The van der Waals surface area contributed by atoms with Crippen molar-refractivity contribution in [2.75, 3.05) is 23.4 Å². The summed E-state index contributed by atoms with van der Waals surface area (Å²) in [5, 5.41) is 17.5. The van der Waals surface area contributed by atoms with Gasteiger partial charge in [-0.3, -0.25) is 14.4 Å². The van der Waals surface area contributed by atoms with E-state index in [0.717, 1.165) is 18.1 Å². The van der Waals surface area contributed by atoms with Gasteiger partial charge in [-0.15, -0.1) is 5.10 Å². The van der Waals surface area contributed by atoms with Gasteiger partial charge in [-0.25, -0.2) is 0 Å². The first-order valence-corrected chi connectivity index (χ1v) is 12.6. The lowest BCUT2D eigenvalue weighted by Crippen LogP contribution is -2.67. The zero-order valence-corrected chi connectivity index (χ0v) is 22.3. The Hall–Kier alpha value is -4.21. The lowest BCUT2D eigenvalue weighted by atomic mass is 10.1. The molecule has 1 atom stereocenters. The Labute approximate surface area is 227 Å². The van der Waals surface area contributed by atoms with Crippen LogP contribution in [-0.2, 0) is 9.59 Å². The summed E-state index contributed by atoms with van der Waals surface area (Å²) < 4.78 is 0. The van der Waals surface area contributed by atoms with Gasteiger partial charge in [0, 0.05) is 23.2 Å². The van der Waals surface area contributed by atoms with E-state index in [0.29, 0.717) is 22.0 Å². The molecule has 0 spiro atoms. The molecule has 10 heteroatoms. The SMILES string of the molecule is CC(=O)NC1(Nc2ccccc2)C(=O)N(c2ccccc2)N=C1NC(=O)c1ccc(Cl)cc1.CCNCC. The predicted octanol–water partition coefficient (Wildman–Crippen LogP) is 3.99. The number of para-hydroxylation sites is 2. The van der Waals surface area contributed by atoms with Gasteiger partial charge in [0.2, 0.25) is 5.91 Å². The van der Waals surface area contributed by atoms with Gasteiger partial charge in [0.1, 0.15) is 0 Å². The maximum Gasteiger partial charge on any atom is 0.302 e. The van der Waals surface area contributed by atoms with Crippen LogP contribution < -0.4 is 26.3 Å². The average molecular weight is 535 g/mol. The van der Waals surface area contributed by atoms with Crippen LogP contribution >= 0.6 is 11.6 Å². The molecule has 3 aromatic rings. The minimum Gasteiger partial charge on any atom is -0.348 e. The van der Waals surface area contributed by atoms with Crippen molar-refractivity contribution in [1.82, 2.24) is 16.0 Å². The van der Waals surface area contributed by atoms with Crippen molar-refractivity contribution in [3.05, 3.63) is 95.5 Å². The van der Waals surface area contributed by atoms with Crippen LogP contribution in [0.4, 0.5) is 11.4 Å². The minimum absolute atomic E-state index is 0.0737. The highest BCUT2D eigenvalue weighted by Crippen LogP contribution is 2.28. The first-order chi connectivity index (χ1) is 18.3. The van der Waals surface area contributed by atoms with E-state index in [2.05, 4.69) is 40.2 Å². The fourth-order valence-corrected chi connectivity index (χ4v) is 3.76. The fraction of sp³-hybridized carbons (Fsp3) is 0.214. The van der Waals surface area contributed by atoms with Gasteiger partial charge >= 0.3 is 5.91 Å². The van der Waals surface area contributed by atoms with E-state index in [1.165, 1.54) is 6.92 Å². The summed E-state index contributed by atoms with van der Waals surface area (Å²) in [6, 6.07) is 23.8. The molecule has 9 nitrogen and oxygen atoms in total. The number of nitrogens with zero attached hydrogens (tertiary/aromatic N) is 2. The molecule has 4 N–H and O–H groups in total. The zero-order chi connectivity index (χ0) is 27.5. The number of amidine groups is 1. The van der Waals surface area contributed by atoms with Crippen LogP contribution in [0, 0.1) is 0 Å².